The van der Waals surface area contributed by atoms with E-state index in [9.17, 15) is 0 Å². The highest BCUT2D eigenvalue weighted by Gasteiger charge is 2.22. The van der Waals surface area contributed by atoms with E-state index in [0.29, 0.717) is 6.04 Å². The second kappa shape index (κ2) is 6.21. The Morgan fingerprint density at radius 2 is 2.17 bits per heavy atom. The summed E-state index contributed by atoms with van der Waals surface area (Å²) < 4.78 is 0. The second-order valence-electron chi connectivity index (χ2n) is 5.38. The summed E-state index contributed by atoms with van der Waals surface area (Å²) in [6, 6.07) is 9.37. The molecule has 1 aromatic carbocycles. The van der Waals surface area contributed by atoms with Crippen LogP contribution in [-0.2, 0) is 0 Å². The third-order valence-corrected chi connectivity index (χ3v) is 3.74. The standard InChI is InChI=1S/C15H25N3/c1-13-5-3-6-14(11-13)18-10-4-9-17(2)12-15(18)7-8-16/h3,5-6,11,15H,4,7-10,12,16H2,1-2H3. The Morgan fingerprint density at radius 1 is 1.33 bits per heavy atom. The Hall–Kier alpha value is -1.06. The van der Waals surface area contributed by atoms with Crippen LogP contribution in [0, 0.1) is 6.92 Å². The van der Waals surface area contributed by atoms with E-state index < -0.39 is 0 Å². The molecule has 18 heavy (non-hydrogen) atoms. The second-order valence-corrected chi connectivity index (χ2v) is 5.38. The highest BCUT2D eigenvalue weighted by molar-refractivity contribution is 5.49. The van der Waals surface area contributed by atoms with E-state index in [1.165, 1.54) is 24.2 Å². The smallest absolute Gasteiger partial charge is 0.0428 e. The first kappa shape index (κ1) is 13.4. The Balaban J connectivity index is 2.21. The van der Waals surface area contributed by atoms with Gasteiger partial charge in [-0.1, -0.05) is 12.1 Å². The number of aryl methyl sites for hydroxylation is 1. The Bertz CT molecular complexity index is 378. The molecule has 2 rings (SSSR count). The van der Waals surface area contributed by atoms with E-state index in [2.05, 4.69) is 48.0 Å². The molecule has 1 saturated heterocycles. The van der Waals surface area contributed by atoms with Crippen LogP contribution in [0.1, 0.15) is 18.4 Å². The minimum Gasteiger partial charge on any atom is -0.367 e. The van der Waals surface area contributed by atoms with Crippen LogP contribution in [0.2, 0.25) is 0 Å². The maximum Gasteiger partial charge on any atom is 0.0428 e. The van der Waals surface area contributed by atoms with E-state index in [1.807, 2.05) is 0 Å². The monoisotopic (exact) mass is 247 g/mol. The minimum atomic E-state index is 0.546. The number of nitrogens with zero attached hydrogens (tertiary/aromatic N) is 2. The van der Waals surface area contributed by atoms with Crippen molar-refractivity contribution in [3.8, 4) is 0 Å². The van der Waals surface area contributed by atoms with Crippen molar-refractivity contribution in [2.75, 3.05) is 38.1 Å². The number of likely N-dealkylation sites (N-methyl/N-ethyl adjacent to an activating group) is 1. The maximum atomic E-state index is 5.78. The molecule has 0 radical (unpaired) electrons. The van der Waals surface area contributed by atoms with Crippen molar-refractivity contribution in [2.24, 2.45) is 5.73 Å². The highest BCUT2D eigenvalue weighted by Crippen LogP contribution is 2.22. The zero-order chi connectivity index (χ0) is 13.0. The van der Waals surface area contributed by atoms with Gasteiger partial charge in [-0.15, -0.1) is 0 Å². The Kier molecular flexibility index (Phi) is 4.61. The number of hydrogen-bond donors (Lipinski definition) is 1. The van der Waals surface area contributed by atoms with Crippen molar-refractivity contribution in [3.63, 3.8) is 0 Å². The molecule has 1 aromatic rings. The van der Waals surface area contributed by atoms with Crippen LogP contribution in [0.3, 0.4) is 0 Å². The number of anilines is 1. The first-order valence-electron chi connectivity index (χ1n) is 6.92. The summed E-state index contributed by atoms with van der Waals surface area (Å²) in [5.74, 6) is 0. The summed E-state index contributed by atoms with van der Waals surface area (Å²) in [5, 5.41) is 0. The molecular formula is C15H25N3. The van der Waals surface area contributed by atoms with Crippen LogP contribution >= 0.6 is 0 Å². The van der Waals surface area contributed by atoms with Gasteiger partial charge in [0.05, 0.1) is 0 Å². The fourth-order valence-corrected chi connectivity index (χ4v) is 2.83. The molecule has 1 aliphatic heterocycles. The predicted octanol–water partition coefficient (Wildman–Crippen LogP) is 1.85. The van der Waals surface area contributed by atoms with Gasteiger partial charge in [0.1, 0.15) is 0 Å². The minimum absolute atomic E-state index is 0.546. The van der Waals surface area contributed by atoms with Gasteiger partial charge in [0.25, 0.3) is 0 Å². The molecule has 0 aromatic heterocycles. The molecule has 3 heteroatoms. The number of benzene rings is 1. The Labute approximate surface area is 111 Å². The van der Waals surface area contributed by atoms with Crippen molar-refractivity contribution in [2.45, 2.75) is 25.8 Å². The van der Waals surface area contributed by atoms with E-state index in [0.717, 1.165) is 26.1 Å². The van der Waals surface area contributed by atoms with Crippen LogP contribution in [0.25, 0.3) is 0 Å². The topological polar surface area (TPSA) is 32.5 Å². The Morgan fingerprint density at radius 3 is 2.89 bits per heavy atom. The lowest BCUT2D eigenvalue weighted by Gasteiger charge is -2.33. The van der Waals surface area contributed by atoms with Gasteiger partial charge in [-0.25, -0.2) is 0 Å². The van der Waals surface area contributed by atoms with Crippen molar-refractivity contribution < 1.29 is 0 Å². The first-order valence-corrected chi connectivity index (χ1v) is 6.92. The molecule has 1 unspecified atom stereocenters. The summed E-state index contributed by atoms with van der Waals surface area (Å²) in [4.78, 5) is 4.97. The van der Waals surface area contributed by atoms with Gasteiger partial charge in [0, 0.05) is 24.8 Å². The zero-order valence-corrected chi connectivity index (χ0v) is 11.6. The van der Waals surface area contributed by atoms with E-state index >= 15 is 0 Å². The average molecular weight is 247 g/mol. The van der Waals surface area contributed by atoms with Gasteiger partial charge in [-0.3, -0.25) is 0 Å². The van der Waals surface area contributed by atoms with Gasteiger partial charge in [0.15, 0.2) is 0 Å². The molecule has 1 atom stereocenters. The van der Waals surface area contributed by atoms with Gasteiger partial charge in [-0.2, -0.15) is 0 Å². The fourth-order valence-electron chi connectivity index (χ4n) is 2.83. The van der Waals surface area contributed by atoms with Crippen LogP contribution in [0.4, 0.5) is 5.69 Å². The fraction of sp³-hybridized carbons (Fsp3) is 0.600. The molecule has 0 aliphatic carbocycles. The maximum absolute atomic E-state index is 5.78. The lowest BCUT2D eigenvalue weighted by Crippen LogP contribution is -2.41. The van der Waals surface area contributed by atoms with Crippen LogP contribution in [0.5, 0.6) is 0 Å². The van der Waals surface area contributed by atoms with Gasteiger partial charge in [-0.05, 0) is 57.6 Å². The average Bonchev–Trinajstić information content (AvgIpc) is 2.51. The molecule has 0 spiro atoms. The normalized spacial score (nSPS) is 21.9. The SMILES string of the molecule is Cc1cccc(N2CCCN(C)CC2CCN)c1. The largest absolute Gasteiger partial charge is 0.367 e. The van der Waals surface area contributed by atoms with E-state index in [4.69, 9.17) is 5.73 Å². The third-order valence-electron chi connectivity index (χ3n) is 3.74. The molecule has 0 saturated carbocycles. The summed E-state index contributed by atoms with van der Waals surface area (Å²) in [6.45, 7) is 6.36. The molecule has 1 fully saturated rings. The predicted molar refractivity (Wildman–Crippen MR) is 78.1 cm³/mol. The molecule has 0 amide bonds. The lowest BCUT2D eigenvalue weighted by atomic mass is 10.1. The number of hydrogen-bond acceptors (Lipinski definition) is 3. The molecular weight excluding hydrogens is 222 g/mol. The van der Waals surface area contributed by atoms with Gasteiger partial charge >= 0.3 is 0 Å². The van der Waals surface area contributed by atoms with E-state index in [-0.39, 0.29) is 0 Å². The molecule has 0 bridgehead atoms. The molecule has 1 aliphatic rings. The highest BCUT2D eigenvalue weighted by atomic mass is 15.2. The van der Waals surface area contributed by atoms with Crippen molar-refractivity contribution in [3.05, 3.63) is 29.8 Å². The molecule has 3 nitrogen and oxygen atoms in total. The molecule has 2 N–H and O–H groups in total. The zero-order valence-electron chi connectivity index (χ0n) is 11.6. The summed E-state index contributed by atoms with van der Waals surface area (Å²) in [6.07, 6.45) is 2.30. The lowest BCUT2D eigenvalue weighted by molar-refractivity contribution is 0.326. The molecule has 100 valence electrons. The van der Waals surface area contributed by atoms with E-state index in [1.54, 1.807) is 0 Å². The number of nitrogens with two attached hydrogens (primary N) is 1. The van der Waals surface area contributed by atoms with Crippen LogP contribution in [0.15, 0.2) is 24.3 Å². The third kappa shape index (κ3) is 3.24. The van der Waals surface area contributed by atoms with Crippen molar-refractivity contribution in [1.82, 2.24) is 4.90 Å². The van der Waals surface area contributed by atoms with Gasteiger partial charge < -0.3 is 15.5 Å². The quantitative estimate of drug-likeness (QED) is 0.885. The summed E-state index contributed by atoms with van der Waals surface area (Å²) >= 11 is 0. The van der Waals surface area contributed by atoms with Crippen molar-refractivity contribution >= 4 is 5.69 Å². The number of rotatable bonds is 3. The summed E-state index contributed by atoms with van der Waals surface area (Å²) in [7, 11) is 2.21. The first-order chi connectivity index (χ1) is 8.70. The van der Waals surface area contributed by atoms with Gasteiger partial charge in [0.2, 0.25) is 0 Å². The van der Waals surface area contributed by atoms with Crippen LogP contribution in [-0.4, -0.2) is 44.2 Å². The summed E-state index contributed by atoms with van der Waals surface area (Å²) in [5.41, 5.74) is 8.46. The molecule has 1 heterocycles. The van der Waals surface area contributed by atoms with Crippen LogP contribution < -0.4 is 10.6 Å². The van der Waals surface area contributed by atoms with Crippen molar-refractivity contribution in [1.29, 1.82) is 0 Å².